The molecular weight excluding hydrogens is 512 g/mol. The van der Waals surface area contributed by atoms with E-state index in [9.17, 15) is 14.0 Å². The van der Waals surface area contributed by atoms with E-state index < -0.39 is 11.8 Å². The number of halogens is 4. The second kappa shape index (κ2) is 10.1. The Morgan fingerprint density at radius 3 is 2.26 bits per heavy atom. The third-order valence-electron chi connectivity index (χ3n) is 4.15. The molecule has 0 atom stereocenters. The first-order valence-corrected chi connectivity index (χ1v) is 10.4. The molecule has 0 aromatic heterocycles. The van der Waals surface area contributed by atoms with E-state index in [2.05, 4.69) is 26.0 Å². The molecule has 0 aliphatic heterocycles. The third-order valence-corrected chi connectivity index (χ3v) is 5.37. The lowest BCUT2D eigenvalue weighted by molar-refractivity contribution is -0.139. The van der Waals surface area contributed by atoms with Crippen molar-refractivity contribution in [2.24, 2.45) is 0 Å². The second-order valence-electron chi connectivity index (χ2n) is 6.35. The van der Waals surface area contributed by atoms with Crippen molar-refractivity contribution in [1.29, 1.82) is 0 Å². The van der Waals surface area contributed by atoms with E-state index in [1.54, 1.807) is 30.3 Å². The average Bonchev–Trinajstić information content (AvgIpc) is 2.73. The first kappa shape index (κ1) is 23.1. The molecule has 0 aliphatic rings. The number of hydrogen-bond donors (Lipinski definition) is 1. The highest BCUT2D eigenvalue weighted by atomic mass is 79.9. The van der Waals surface area contributed by atoms with Gasteiger partial charge in [0.15, 0.2) is 5.75 Å². The van der Waals surface area contributed by atoms with Gasteiger partial charge in [0.2, 0.25) is 0 Å². The number of carbonyl (C=O) groups is 2. The van der Waals surface area contributed by atoms with Crippen LogP contribution < -0.4 is 10.1 Å². The number of nitrogens with one attached hydrogen (secondary N) is 1. The predicted molar refractivity (Wildman–Crippen MR) is 121 cm³/mol. The molecule has 0 aliphatic carbocycles. The van der Waals surface area contributed by atoms with E-state index in [4.69, 9.17) is 27.9 Å². The zero-order valence-electron chi connectivity index (χ0n) is 16.0. The van der Waals surface area contributed by atoms with Crippen LogP contribution in [0.1, 0.15) is 15.9 Å². The number of rotatable bonds is 6. The Hall–Kier alpha value is -2.61. The zero-order valence-corrected chi connectivity index (χ0v) is 19.1. The molecule has 160 valence electrons. The van der Waals surface area contributed by atoms with Crippen LogP contribution in [0.5, 0.6) is 11.5 Å². The van der Waals surface area contributed by atoms with Gasteiger partial charge in [-0.1, -0.05) is 23.2 Å². The van der Waals surface area contributed by atoms with Crippen LogP contribution in [-0.2, 0) is 16.0 Å². The molecule has 0 saturated carbocycles. The minimum Gasteiger partial charge on any atom is -0.469 e. The molecule has 0 spiro atoms. The Balaban J connectivity index is 1.75. The highest BCUT2D eigenvalue weighted by Crippen LogP contribution is 2.39. The standard InChI is InChI=1S/C22H15BrCl2FNO4/c1-30-20(28)10-12-8-17(24)21(18(25)9-12)31-15-6-7-19(16(23)11-15)27-22(29)13-2-4-14(26)5-3-13/h2-9,11H,10H2,1H3,(H,27,29). The van der Waals surface area contributed by atoms with Gasteiger partial charge in [-0.15, -0.1) is 0 Å². The van der Waals surface area contributed by atoms with E-state index in [0.717, 1.165) is 0 Å². The lowest BCUT2D eigenvalue weighted by Gasteiger charge is -2.13. The summed E-state index contributed by atoms with van der Waals surface area (Å²) >= 11 is 15.9. The summed E-state index contributed by atoms with van der Waals surface area (Å²) in [7, 11) is 1.30. The number of hydrogen-bond acceptors (Lipinski definition) is 4. The summed E-state index contributed by atoms with van der Waals surface area (Å²) in [5.74, 6) is -0.581. The largest absolute Gasteiger partial charge is 0.469 e. The highest BCUT2D eigenvalue weighted by molar-refractivity contribution is 9.10. The molecule has 3 aromatic rings. The summed E-state index contributed by atoms with van der Waals surface area (Å²) in [5.41, 5.74) is 1.40. The van der Waals surface area contributed by atoms with Crippen molar-refractivity contribution in [2.45, 2.75) is 6.42 Å². The van der Waals surface area contributed by atoms with Crippen molar-refractivity contribution in [3.63, 3.8) is 0 Å². The molecule has 0 fully saturated rings. The SMILES string of the molecule is COC(=O)Cc1cc(Cl)c(Oc2ccc(NC(=O)c3ccc(F)cc3)c(Br)c2)c(Cl)c1. The van der Waals surface area contributed by atoms with Crippen molar-refractivity contribution < 1.29 is 23.5 Å². The molecule has 1 amide bonds. The summed E-state index contributed by atoms with van der Waals surface area (Å²) in [6, 6.07) is 13.3. The number of anilines is 1. The van der Waals surface area contributed by atoms with Crippen LogP contribution in [0.3, 0.4) is 0 Å². The van der Waals surface area contributed by atoms with Crippen molar-refractivity contribution in [2.75, 3.05) is 12.4 Å². The highest BCUT2D eigenvalue weighted by Gasteiger charge is 2.15. The summed E-state index contributed by atoms with van der Waals surface area (Å²) in [5, 5.41) is 3.20. The molecule has 3 rings (SSSR count). The number of methoxy groups -OCH3 is 1. The number of benzene rings is 3. The van der Waals surface area contributed by atoms with Crippen LogP contribution >= 0.6 is 39.1 Å². The molecule has 0 bridgehead atoms. The number of esters is 1. The minimum absolute atomic E-state index is 0.0320. The quantitative estimate of drug-likeness (QED) is 0.365. The molecule has 0 radical (unpaired) electrons. The normalized spacial score (nSPS) is 10.5. The van der Waals surface area contributed by atoms with Gasteiger partial charge in [0.25, 0.3) is 5.91 Å². The summed E-state index contributed by atoms with van der Waals surface area (Å²) < 4.78 is 24.0. The minimum atomic E-state index is -0.421. The van der Waals surface area contributed by atoms with Crippen LogP contribution in [0.4, 0.5) is 10.1 Å². The smallest absolute Gasteiger partial charge is 0.309 e. The van der Waals surface area contributed by atoms with Crippen LogP contribution in [0.2, 0.25) is 10.0 Å². The van der Waals surface area contributed by atoms with Crippen LogP contribution in [0.25, 0.3) is 0 Å². The van der Waals surface area contributed by atoms with Crippen molar-refractivity contribution in [3.05, 3.63) is 86.1 Å². The first-order chi connectivity index (χ1) is 14.8. The maximum atomic E-state index is 13.0. The van der Waals surface area contributed by atoms with Gasteiger partial charge in [0, 0.05) is 10.0 Å². The summed E-state index contributed by atoms with van der Waals surface area (Å²) in [6.07, 6.45) is 0.0320. The van der Waals surface area contributed by atoms with Gasteiger partial charge in [-0.25, -0.2) is 4.39 Å². The van der Waals surface area contributed by atoms with Crippen molar-refractivity contribution >= 4 is 56.7 Å². The first-order valence-electron chi connectivity index (χ1n) is 8.86. The van der Waals surface area contributed by atoms with Gasteiger partial charge in [-0.3, -0.25) is 9.59 Å². The summed E-state index contributed by atoms with van der Waals surface area (Å²) in [6.45, 7) is 0. The average molecular weight is 527 g/mol. The van der Waals surface area contributed by atoms with E-state index >= 15 is 0 Å². The third kappa shape index (κ3) is 5.97. The number of ether oxygens (including phenoxy) is 2. The van der Waals surface area contributed by atoms with Gasteiger partial charge in [-0.05, 0) is 76.1 Å². The fourth-order valence-electron chi connectivity index (χ4n) is 2.63. The lowest BCUT2D eigenvalue weighted by Crippen LogP contribution is -2.12. The van der Waals surface area contributed by atoms with Gasteiger partial charge in [0.1, 0.15) is 11.6 Å². The number of carbonyl (C=O) groups excluding carboxylic acids is 2. The monoisotopic (exact) mass is 525 g/mol. The summed E-state index contributed by atoms with van der Waals surface area (Å²) in [4.78, 5) is 23.8. The van der Waals surface area contributed by atoms with Crippen LogP contribution in [-0.4, -0.2) is 19.0 Å². The fourth-order valence-corrected chi connectivity index (χ4v) is 3.69. The van der Waals surface area contributed by atoms with Gasteiger partial charge < -0.3 is 14.8 Å². The molecule has 0 heterocycles. The fraction of sp³-hybridized carbons (Fsp3) is 0.0909. The molecule has 5 nitrogen and oxygen atoms in total. The van der Waals surface area contributed by atoms with Crippen molar-refractivity contribution in [1.82, 2.24) is 0 Å². The molecule has 3 aromatic carbocycles. The molecule has 31 heavy (non-hydrogen) atoms. The Morgan fingerprint density at radius 2 is 1.68 bits per heavy atom. The zero-order chi connectivity index (χ0) is 22.5. The maximum Gasteiger partial charge on any atom is 0.309 e. The molecular formula is C22H15BrCl2FNO4. The van der Waals surface area contributed by atoms with Gasteiger partial charge in [0.05, 0.1) is 29.3 Å². The Kier molecular flexibility index (Phi) is 7.54. The van der Waals surface area contributed by atoms with Crippen LogP contribution in [0.15, 0.2) is 59.1 Å². The molecule has 0 unspecified atom stereocenters. The van der Waals surface area contributed by atoms with E-state index in [1.807, 2.05) is 0 Å². The topological polar surface area (TPSA) is 64.6 Å². The predicted octanol–water partition coefficient (Wildman–Crippen LogP) is 6.66. The maximum absolute atomic E-state index is 13.0. The molecule has 0 saturated heterocycles. The van der Waals surface area contributed by atoms with E-state index in [1.165, 1.54) is 31.4 Å². The second-order valence-corrected chi connectivity index (χ2v) is 8.01. The van der Waals surface area contributed by atoms with Gasteiger partial charge in [-0.2, -0.15) is 0 Å². The van der Waals surface area contributed by atoms with E-state index in [-0.39, 0.29) is 28.1 Å². The number of amides is 1. The Morgan fingerprint density at radius 1 is 1.03 bits per heavy atom. The molecule has 1 N–H and O–H groups in total. The molecule has 9 heteroatoms. The lowest BCUT2D eigenvalue weighted by atomic mass is 10.1. The Bertz CT molecular complexity index is 1120. The van der Waals surface area contributed by atoms with E-state index in [0.29, 0.717) is 27.0 Å². The van der Waals surface area contributed by atoms with Gasteiger partial charge >= 0.3 is 5.97 Å². The van der Waals surface area contributed by atoms with Crippen molar-refractivity contribution in [3.8, 4) is 11.5 Å². The Labute approximate surface area is 196 Å². The van der Waals surface area contributed by atoms with Crippen LogP contribution in [0, 0.1) is 5.82 Å².